The molecule has 4 N–H and O–H groups in total. The van der Waals surface area contributed by atoms with Crippen LogP contribution in [0.3, 0.4) is 0 Å². The molecule has 0 aliphatic heterocycles. The van der Waals surface area contributed by atoms with Crippen molar-refractivity contribution in [3.8, 4) is 5.75 Å². The molecule has 0 fully saturated rings. The van der Waals surface area contributed by atoms with Crippen molar-refractivity contribution < 1.29 is 22.7 Å². The number of rotatable bonds is 4. The number of nitrogens with one attached hydrogen (secondary N) is 2. The van der Waals surface area contributed by atoms with Crippen LogP contribution >= 0.6 is 12.4 Å². The van der Waals surface area contributed by atoms with Gasteiger partial charge in [0.15, 0.2) is 5.96 Å². The highest BCUT2D eigenvalue weighted by Crippen LogP contribution is 2.39. The minimum absolute atomic E-state index is 0. The lowest BCUT2D eigenvalue weighted by molar-refractivity contribution is -0.136. The number of ether oxygens (including phenoxy) is 1. The van der Waals surface area contributed by atoms with E-state index in [1.807, 2.05) is 30.3 Å². The number of amides is 1. The SMILES string of the molecule is CN(C(=N)N)C(=O)c1cc2c(C(F)(F)F)ccc(OCc3ccccc3)c2[nH]1.Cl. The third kappa shape index (κ3) is 4.62. The largest absolute Gasteiger partial charge is 0.487 e. The molecule has 29 heavy (non-hydrogen) atoms. The number of halogens is 4. The Bertz CT molecular complexity index is 1040. The minimum Gasteiger partial charge on any atom is -0.487 e. The van der Waals surface area contributed by atoms with E-state index in [-0.39, 0.29) is 41.4 Å². The van der Waals surface area contributed by atoms with Crippen molar-refractivity contribution in [1.29, 1.82) is 5.41 Å². The van der Waals surface area contributed by atoms with E-state index in [2.05, 4.69) is 4.98 Å². The Hall–Kier alpha value is -3.20. The number of aromatic amines is 1. The Morgan fingerprint density at radius 1 is 1.21 bits per heavy atom. The van der Waals surface area contributed by atoms with Gasteiger partial charge in [-0.15, -0.1) is 12.4 Å². The average molecular weight is 427 g/mol. The fourth-order valence-electron chi connectivity index (χ4n) is 2.70. The topological polar surface area (TPSA) is 95.2 Å². The summed E-state index contributed by atoms with van der Waals surface area (Å²) in [5, 5.41) is 7.13. The second-order valence-corrected chi connectivity index (χ2v) is 6.10. The average Bonchev–Trinajstić information content (AvgIpc) is 3.10. The van der Waals surface area contributed by atoms with Crippen molar-refractivity contribution in [1.82, 2.24) is 9.88 Å². The van der Waals surface area contributed by atoms with E-state index < -0.39 is 23.6 Å². The molecule has 0 unspecified atom stereocenters. The predicted octanol–water partition coefficient (Wildman–Crippen LogP) is 4.15. The third-order valence-electron chi connectivity index (χ3n) is 4.19. The molecule has 0 spiro atoms. The third-order valence-corrected chi connectivity index (χ3v) is 4.19. The molecule has 154 valence electrons. The second kappa shape index (κ2) is 8.44. The van der Waals surface area contributed by atoms with Crippen molar-refractivity contribution in [2.75, 3.05) is 7.05 Å². The van der Waals surface area contributed by atoms with Crippen LogP contribution in [0.15, 0.2) is 48.5 Å². The highest BCUT2D eigenvalue weighted by atomic mass is 35.5. The van der Waals surface area contributed by atoms with Crippen molar-refractivity contribution in [3.05, 3.63) is 65.4 Å². The molecular formula is C19H18ClF3N4O2. The molecule has 2 aromatic carbocycles. The van der Waals surface area contributed by atoms with E-state index in [0.29, 0.717) is 0 Å². The van der Waals surface area contributed by atoms with Crippen molar-refractivity contribution in [3.63, 3.8) is 0 Å². The van der Waals surface area contributed by atoms with Crippen molar-refractivity contribution >= 4 is 35.2 Å². The van der Waals surface area contributed by atoms with Crippen molar-refractivity contribution in [2.45, 2.75) is 12.8 Å². The first kappa shape index (κ1) is 22.1. The summed E-state index contributed by atoms with van der Waals surface area (Å²) in [7, 11) is 1.26. The summed E-state index contributed by atoms with van der Waals surface area (Å²) >= 11 is 0. The fraction of sp³-hybridized carbons (Fsp3) is 0.158. The maximum Gasteiger partial charge on any atom is 0.417 e. The van der Waals surface area contributed by atoms with Crippen LogP contribution in [0.25, 0.3) is 10.9 Å². The van der Waals surface area contributed by atoms with E-state index in [0.717, 1.165) is 22.6 Å². The maximum atomic E-state index is 13.4. The molecule has 1 heterocycles. The summed E-state index contributed by atoms with van der Waals surface area (Å²) < 4.78 is 45.9. The molecule has 0 saturated heterocycles. The molecular weight excluding hydrogens is 409 g/mol. The number of H-pyrrole nitrogens is 1. The van der Waals surface area contributed by atoms with E-state index in [1.165, 1.54) is 13.1 Å². The van der Waals surface area contributed by atoms with Gasteiger partial charge in [0.2, 0.25) is 0 Å². The number of alkyl halides is 3. The van der Waals surface area contributed by atoms with Gasteiger partial charge >= 0.3 is 6.18 Å². The number of aromatic nitrogens is 1. The molecule has 1 amide bonds. The van der Waals surface area contributed by atoms with Crippen LogP contribution < -0.4 is 10.5 Å². The summed E-state index contributed by atoms with van der Waals surface area (Å²) in [4.78, 5) is 15.9. The summed E-state index contributed by atoms with van der Waals surface area (Å²) in [6, 6.07) is 12.4. The van der Waals surface area contributed by atoms with Crippen LogP contribution in [-0.4, -0.2) is 28.8 Å². The molecule has 3 rings (SSSR count). The van der Waals surface area contributed by atoms with Gasteiger partial charge in [0.1, 0.15) is 18.1 Å². The number of fused-ring (bicyclic) bond motifs is 1. The van der Waals surface area contributed by atoms with Gasteiger partial charge in [-0.2, -0.15) is 13.2 Å². The summed E-state index contributed by atoms with van der Waals surface area (Å²) in [6.07, 6.45) is -4.61. The summed E-state index contributed by atoms with van der Waals surface area (Å²) in [6.45, 7) is 0.150. The van der Waals surface area contributed by atoms with Gasteiger partial charge in [0.05, 0.1) is 11.1 Å². The number of hydrogen-bond acceptors (Lipinski definition) is 3. The predicted molar refractivity (Wildman–Crippen MR) is 105 cm³/mol. The molecule has 0 atom stereocenters. The smallest absolute Gasteiger partial charge is 0.417 e. The minimum atomic E-state index is -4.61. The van der Waals surface area contributed by atoms with E-state index >= 15 is 0 Å². The van der Waals surface area contributed by atoms with Gasteiger partial charge in [-0.1, -0.05) is 30.3 Å². The first-order valence-electron chi connectivity index (χ1n) is 8.20. The quantitative estimate of drug-likeness (QED) is 0.432. The highest BCUT2D eigenvalue weighted by molar-refractivity contribution is 6.06. The monoisotopic (exact) mass is 426 g/mol. The van der Waals surface area contributed by atoms with Crippen LogP contribution in [0.4, 0.5) is 13.2 Å². The lowest BCUT2D eigenvalue weighted by atomic mass is 10.1. The van der Waals surface area contributed by atoms with Gasteiger partial charge in [0, 0.05) is 12.4 Å². The van der Waals surface area contributed by atoms with Gasteiger partial charge < -0.3 is 15.5 Å². The number of guanidine groups is 1. The maximum absolute atomic E-state index is 13.4. The molecule has 0 bridgehead atoms. The molecule has 0 radical (unpaired) electrons. The van der Waals surface area contributed by atoms with Gasteiger partial charge in [-0.05, 0) is 23.8 Å². The van der Waals surface area contributed by atoms with Gasteiger partial charge in [-0.3, -0.25) is 15.1 Å². The number of carbonyl (C=O) groups excluding carboxylic acids is 1. The number of benzene rings is 2. The fourth-order valence-corrected chi connectivity index (χ4v) is 2.70. The van der Waals surface area contributed by atoms with Gasteiger partial charge in [-0.25, -0.2) is 0 Å². The lowest BCUT2D eigenvalue weighted by Gasteiger charge is -2.13. The molecule has 3 aromatic rings. The van der Waals surface area contributed by atoms with Crippen LogP contribution in [0.1, 0.15) is 21.6 Å². The zero-order valence-corrected chi connectivity index (χ0v) is 16.0. The Morgan fingerprint density at radius 3 is 2.45 bits per heavy atom. The van der Waals surface area contributed by atoms with Crippen LogP contribution in [0, 0.1) is 5.41 Å². The van der Waals surface area contributed by atoms with Crippen LogP contribution in [-0.2, 0) is 12.8 Å². The molecule has 0 aliphatic carbocycles. The normalized spacial score (nSPS) is 11.0. The van der Waals surface area contributed by atoms with E-state index in [9.17, 15) is 18.0 Å². The van der Waals surface area contributed by atoms with E-state index in [1.54, 1.807) is 0 Å². The highest BCUT2D eigenvalue weighted by Gasteiger charge is 2.34. The number of nitrogens with two attached hydrogens (primary N) is 1. The Morgan fingerprint density at radius 2 is 1.86 bits per heavy atom. The Kier molecular flexibility index (Phi) is 6.43. The van der Waals surface area contributed by atoms with Crippen LogP contribution in [0.2, 0.25) is 0 Å². The molecule has 6 nitrogen and oxygen atoms in total. The summed E-state index contributed by atoms with van der Waals surface area (Å²) in [5.41, 5.74) is 5.15. The molecule has 1 aromatic heterocycles. The lowest BCUT2D eigenvalue weighted by Crippen LogP contribution is -2.38. The standard InChI is InChI=1S/C19H17F3N4O2.ClH/c1-26(18(23)24)17(27)14-9-12-13(19(20,21)22)7-8-15(16(12)25-14)28-10-11-5-3-2-4-6-11;/h2-9,25H,10H2,1H3,(H3,23,24);1H. The van der Waals surface area contributed by atoms with Gasteiger partial charge in [0.25, 0.3) is 5.91 Å². The van der Waals surface area contributed by atoms with Crippen molar-refractivity contribution in [2.24, 2.45) is 5.73 Å². The molecule has 10 heteroatoms. The Balaban J connectivity index is 0.00000300. The number of hydrogen-bond donors (Lipinski definition) is 3. The molecule has 0 aliphatic rings. The summed E-state index contributed by atoms with van der Waals surface area (Å²) in [5.74, 6) is -1.08. The second-order valence-electron chi connectivity index (χ2n) is 6.10. The first-order valence-corrected chi connectivity index (χ1v) is 8.20. The van der Waals surface area contributed by atoms with E-state index in [4.69, 9.17) is 15.9 Å². The Labute approximate surface area is 170 Å². The van der Waals surface area contributed by atoms with Crippen LogP contribution in [0.5, 0.6) is 5.75 Å². The first-order chi connectivity index (χ1) is 13.2. The number of carbonyl (C=O) groups is 1. The number of nitrogens with zero attached hydrogens (tertiary/aromatic N) is 1. The molecule has 0 saturated carbocycles. The zero-order valence-electron chi connectivity index (χ0n) is 15.2. The zero-order chi connectivity index (χ0) is 20.5.